The Labute approximate surface area is 192 Å². The third-order valence-electron chi connectivity index (χ3n) is 5.63. The Bertz CT molecular complexity index is 1120. The van der Waals surface area contributed by atoms with Crippen LogP contribution in [0.25, 0.3) is 0 Å². The summed E-state index contributed by atoms with van der Waals surface area (Å²) >= 11 is 1.33. The number of carbonyl (C=O) groups is 1. The van der Waals surface area contributed by atoms with Crippen LogP contribution in [0.15, 0.2) is 65.8 Å². The summed E-state index contributed by atoms with van der Waals surface area (Å²) in [6.45, 7) is 0. The Morgan fingerprint density at radius 1 is 1.09 bits per heavy atom. The molecule has 3 aromatic rings. The molecule has 9 heteroatoms. The molecule has 4 rings (SSSR count). The van der Waals surface area contributed by atoms with Crippen molar-refractivity contribution in [2.75, 3.05) is 17.3 Å². The summed E-state index contributed by atoms with van der Waals surface area (Å²) in [6, 6.07) is 19.5. The first-order valence-corrected chi connectivity index (χ1v) is 13.3. The van der Waals surface area contributed by atoms with Crippen LogP contribution in [0.3, 0.4) is 0 Å². The monoisotopic (exact) mass is 470 g/mol. The van der Waals surface area contributed by atoms with Crippen molar-refractivity contribution in [2.45, 2.75) is 24.0 Å². The Hall–Kier alpha value is -2.65. The van der Waals surface area contributed by atoms with Gasteiger partial charge in [-0.3, -0.25) is 4.79 Å². The van der Waals surface area contributed by atoms with Crippen LogP contribution >= 0.6 is 11.8 Å². The fraction of sp³-hybridized carbons (Fsp3) is 0.348. The van der Waals surface area contributed by atoms with Crippen LogP contribution in [-0.4, -0.2) is 46.3 Å². The summed E-state index contributed by atoms with van der Waals surface area (Å²) in [5, 5.41) is 12.2. The predicted molar refractivity (Wildman–Crippen MR) is 125 cm³/mol. The highest BCUT2D eigenvalue weighted by atomic mass is 32.2. The van der Waals surface area contributed by atoms with Crippen molar-refractivity contribution >= 4 is 27.5 Å². The lowest BCUT2D eigenvalue weighted by atomic mass is 9.99. The van der Waals surface area contributed by atoms with Gasteiger partial charge < -0.3 is 9.88 Å². The number of amides is 1. The molecule has 2 heterocycles. The lowest BCUT2D eigenvalue weighted by Gasteiger charge is -2.19. The van der Waals surface area contributed by atoms with Gasteiger partial charge in [-0.25, -0.2) is 8.42 Å². The molecule has 0 aliphatic carbocycles. The molecule has 0 radical (unpaired) electrons. The third-order valence-corrected chi connectivity index (χ3v) is 8.48. The molecule has 7 nitrogen and oxygen atoms in total. The fourth-order valence-corrected chi connectivity index (χ4v) is 6.53. The minimum absolute atomic E-state index is 0.0848. The average Bonchev–Trinajstić information content (AvgIpc) is 3.33. The zero-order chi connectivity index (χ0) is 22.6. The first kappa shape index (κ1) is 22.5. The topological polar surface area (TPSA) is 93.9 Å². The van der Waals surface area contributed by atoms with Crippen LogP contribution in [-0.2, 0) is 28.1 Å². The molecule has 0 saturated carbocycles. The van der Waals surface area contributed by atoms with Gasteiger partial charge in [-0.05, 0) is 23.5 Å². The van der Waals surface area contributed by atoms with E-state index in [1.165, 1.54) is 11.8 Å². The molecule has 2 aromatic carbocycles. The molecule has 1 saturated heterocycles. The molecule has 0 unspecified atom stereocenters. The number of hydrogen-bond donors (Lipinski definition) is 1. The first-order valence-electron chi connectivity index (χ1n) is 10.5. The molecule has 1 atom stereocenters. The van der Waals surface area contributed by atoms with Crippen LogP contribution in [0.4, 0.5) is 0 Å². The van der Waals surface area contributed by atoms with Crippen LogP contribution in [0.1, 0.15) is 29.4 Å². The van der Waals surface area contributed by atoms with Gasteiger partial charge in [0.2, 0.25) is 5.91 Å². The maximum Gasteiger partial charge on any atom is 0.231 e. The van der Waals surface area contributed by atoms with Gasteiger partial charge in [-0.1, -0.05) is 72.4 Å². The summed E-state index contributed by atoms with van der Waals surface area (Å²) in [5.41, 5.74) is 2.04. The van der Waals surface area contributed by atoms with Crippen molar-refractivity contribution in [3.63, 3.8) is 0 Å². The Balaban J connectivity index is 1.38. The molecule has 1 fully saturated rings. The molecule has 0 spiro atoms. The van der Waals surface area contributed by atoms with Crippen molar-refractivity contribution in [1.29, 1.82) is 0 Å². The minimum atomic E-state index is -2.92. The molecule has 0 bridgehead atoms. The van der Waals surface area contributed by atoms with E-state index in [1.807, 2.05) is 72.3 Å². The second-order valence-electron chi connectivity index (χ2n) is 8.04. The molecule has 1 aliphatic rings. The fourth-order valence-electron chi connectivity index (χ4n) is 3.92. The van der Waals surface area contributed by atoms with E-state index in [0.717, 1.165) is 17.0 Å². The largest absolute Gasteiger partial charge is 0.344 e. The second kappa shape index (κ2) is 9.87. The summed E-state index contributed by atoms with van der Waals surface area (Å²) < 4.78 is 25.3. The van der Waals surface area contributed by atoms with E-state index in [1.54, 1.807) is 0 Å². The molecule has 1 aromatic heterocycles. The van der Waals surface area contributed by atoms with Gasteiger partial charge in [-0.15, -0.1) is 10.2 Å². The quantitative estimate of drug-likeness (QED) is 0.509. The van der Waals surface area contributed by atoms with Gasteiger partial charge in [0.25, 0.3) is 0 Å². The smallest absolute Gasteiger partial charge is 0.231 e. The van der Waals surface area contributed by atoms with Crippen LogP contribution < -0.4 is 5.32 Å². The standard InChI is InChI=1S/C23H26N4O3S2/c1-27-20(14-17-12-13-32(29,30)16-17)25-26-23(27)31-15-21(28)24-22(18-8-4-2-5-9-18)19-10-6-3-7-11-19/h2-11,17,22H,12-16H2,1H3,(H,24,28)/t17-/m1/s1. The van der Waals surface area contributed by atoms with Crippen molar-refractivity contribution in [1.82, 2.24) is 20.1 Å². The maximum absolute atomic E-state index is 12.8. The molecule has 1 aliphatic heterocycles. The third kappa shape index (κ3) is 5.58. The Kier molecular flexibility index (Phi) is 6.95. The van der Waals surface area contributed by atoms with E-state index in [0.29, 0.717) is 18.0 Å². The van der Waals surface area contributed by atoms with E-state index in [2.05, 4.69) is 15.5 Å². The van der Waals surface area contributed by atoms with Crippen molar-refractivity contribution in [2.24, 2.45) is 13.0 Å². The van der Waals surface area contributed by atoms with E-state index < -0.39 is 9.84 Å². The lowest BCUT2D eigenvalue weighted by Crippen LogP contribution is -2.30. The summed E-state index contributed by atoms with van der Waals surface area (Å²) in [4.78, 5) is 12.8. The normalized spacial score (nSPS) is 17.5. The van der Waals surface area contributed by atoms with Gasteiger partial charge >= 0.3 is 0 Å². The van der Waals surface area contributed by atoms with Gasteiger partial charge in [-0.2, -0.15) is 0 Å². The number of aromatic nitrogens is 3. The van der Waals surface area contributed by atoms with Crippen LogP contribution in [0, 0.1) is 5.92 Å². The molecular formula is C23H26N4O3S2. The molecule has 1 N–H and O–H groups in total. The van der Waals surface area contributed by atoms with Gasteiger partial charge in [0.1, 0.15) is 5.82 Å². The number of carbonyl (C=O) groups excluding carboxylic acids is 1. The van der Waals surface area contributed by atoms with Crippen molar-refractivity contribution in [3.8, 4) is 0 Å². The molecular weight excluding hydrogens is 444 g/mol. The average molecular weight is 471 g/mol. The SMILES string of the molecule is Cn1c(C[C@H]2CCS(=O)(=O)C2)nnc1SCC(=O)NC(c1ccccc1)c1ccccc1. The van der Waals surface area contributed by atoms with Gasteiger partial charge in [0.05, 0.1) is 23.3 Å². The number of sulfone groups is 1. The molecule has 168 valence electrons. The van der Waals surface area contributed by atoms with Gasteiger partial charge in [0, 0.05) is 13.5 Å². The van der Waals surface area contributed by atoms with E-state index in [4.69, 9.17) is 0 Å². The molecule has 32 heavy (non-hydrogen) atoms. The van der Waals surface area contributed by atoms with E-state index in [-0.39, 0.29) is 35.1 Å². The lowest BCUT2D eigenvalue weighted by molar-refractivity contribution is -0.119. The number of rotatable bonds is 8. The Morgan fingerprint density at radius 3 is 2.28 bits per heavy atom. The van der Waals surface area contributed by atoms with Crippen LogP contribution in [0.2, 0.25) is 0 Å². The zero-order valence-corrected chi connectivity index (χ0v) is 19.5. The zero-order valence-electron chi connectivity index (χ0n) is 17.8. The number of nitrogens with zero attached hydrogens (tertiary/aromatic N) is 3. The predicted octanol–water partition coefficient (Wildman–Crippen LogP) is 2.79. The number of benzene rings is 2. The summed E-state index contributed by atoms with van der Waals surface area (Å²) in [5.74, 6) is 1.41. The highest BCUT2D eigenvalue weighted by molar-refractivity contribution is 7.99. The van der Waals surface area contributed by atoms with E-state index in [9.17, 15) is 13.2 Å². The number of hydrogen-bond acceptors (Lipinski definition) is 6. The highest BCUT2D eigenvalue weighted by Gasteiger charge is 2.29. The Morgan fingerprint density at radius 2 is 1.72 bits per heavy atom. The number of nitrogens with one attached hydrogen (secondary N) is 1. The summed E-state index contributed by atoms with van der Waals surface area (Å²) in [6.07, 6.45) is 1.25. The maximum atomic E-state index is 12.8. The summed E-state index contributed by atoms with van der Waals surface area (Å²) in [7, 11) is -1.06. The molecule has 1 amide bonds. The minimum Gasteiger partial charge on any atom is -0.344 e. The first-order chi connectivity index (χ1) is 15.4. The number of thioether (sulfide) groups is 1. The second-order valence-corrected chi connectivity index (χ2v) is 11.2. The van der Waals surface area contributed by atoms with E-state index >= 15 is 0 Å². The van der Waals surface area contributed by atoms with Gasteiger partial charge in [0.15, 0.2) is 15.0 Å². The van der Waals surface area contributed by atoms with Crippen LogP contribution in [0.5, 0.6) is 0 Å². The van der Waals surface area contributed by atoms with Crippen molar-refractivity contribution in [3.05, 3.63) is 77.6 Å². The highest BCUT2D eigenvalue weighted by Crippen LogP contribution is 2.25. The van der Waals surface area contributed by atoms with Crippen molar-refractivity contribution < 1.29 is 13.2 Å².